The van der Waals surface area contributed by atoms with E-state index in [1.807, 2.05) is 0 Å². The maximum absolute atomic E-state index is 9.70. The van der Waals surface area contributed by atoms with Crippen LogP contribution >= 0.6 is 0 Å². The molecule has 0 saturated carbocycles. The smallest absolute Gasteiger partial charge is 0.346 e. The molecule has 0 amide bonds. The summed E-state index contributed by atoms with van der Waals surface area (Å²) in [6.45, 7) is 2.76. The summed E-state index contributed by atoms with van der Waals surface area (Å²) < 4.78 is 19.4. The van der Waals surface area contributed by atoms with E-state index in [1.54, 1.807) is 0 Å². The van der Waals surface area contributed by atoms with Crippen LogP contribution in [0, 0.1) is 0 Å². The summed E-state index contributed by atoms with van der Waals surface area (Å²) in [5, 5.41) is 7.87. The van der Waals surface area contributed by atoms with Crippen molar-refractivity contribution in [3.63, 3.8) is 0 Å². The lowest BCUT2D eigenvalue weighted by Crippen LogP contribution is -1.98. The molecule has 0 aliphatic heterocycles. The van der Waals surface area contributed by atoms with Crippen LogP contribution in [0.5, 0.6) is 0 Å². The van der Waals surface area contributed by atoms with Crippen LogP contribution in [0.25, 0.3) is 0 Å². The minimum absolute atomic E-state index is 0.778. The summed E-state index contributed by atoms with van der Waals surface area (Å²) in [6, 6.07) is 0. The third kappa shape index (κ3) is 1.74. The van der Waals surface area contributed by atoms with Gasteiger partial charge in [-0.1, -0.05) is 6.58 Å². The molecule has 0 spiro atoms. The van der Waals surface area contributed by atoms with Crippen LogP contribution in [0.1, 0.15) is 0 Å². The summed E-state index contributed by atoms with van der Waals surface area (Å²) in [5.41, 5.74) is 0. The quantitative estimate of drug-likeness (QED) is 0.385. The fourth-order valence-corrected chi connectivity index (χ4v) is 0.234. The van der Waals surface area contributed by atoms with Crippen LogP contribution in [0.4, 0.5) is 0 Å². The number of thiol groups is 1. The van der Waals surface area contributed by atoms with E-state index in [0.29, 0.717) is 0 Å². The molecule has 0 aliphatic carbocycles. The maximum atomic E-state index is 9.70. The van der Waals surface area contributed by atoms with Crippen LogP contribution in [0.2, 0.25) is 0 Å². The van der Waals surface area contributed by atoms with Gasteiger partial charge in [0.2, 0.25) is 0 Å². The molecule has 0 atom stereocenters. The summed E-state index contributed by atoms with van der Waals surface area (Å²) >= 11 is 0. The van der Waals surface area contributed by atoms with Gasteiger partial charge in [-0.2, -0.15) is 0 Å². The predicted octanol–water partition coefficient (Wildman–Crippen LogP) is -0.804. The van der Waals surface area contributed by atoms with Crippen molar-refractivity contribution < 1.29 is 18.3 Å². The van der Waals surface area contributed by atoms with Crippen molar-refractivity contribution in [2.24, 2.45) is 0 Å². The van der Waals surface area contributed by atoms with Gasteiger partial charge >= 0.3 is 5.97 Å². The standard InChI is InChI=1S/C3H4O4S/c1-2(3(4)5)8(6)7/h8H,1H2,(H,4,5). The van der Waals surface area contributed by atoms with Gasteiger partial charge in [0.15, 0.2) is 10.7 Å². The molecule has 0 rings (SSSR count). The van der Waals surface area contributed by atoms with Crippen LogP contribution in [-0.2, 0) is 15.5 Å². The number of hydrogen-bond donors (Lipinski definition) is 2. The Bertz CT molecular complexity index is 181. The molecule has 0 bridgehead atoms. The lowest BCUT2D eigenvalue weighted by molar-refractivity contribution is -0.131. The summed E-state index contributed by atoms with van der Waals surface area (Å²) in [7, 11) is -3.00. The van der Waals surface area contributed by atoms with Crippen molar-refractivity contribution in [1.29, 1.82) is 0 Å². The highest BCUT2D eigenvalue weighted by Crippen LogP contribution is 1.86. The fraction of sp³-hybridized carbons (Fsp3) is 0. The van der Waals surface area contributed by atoms with Gasteiger partial charge in [0, 0.05) is 0 Å². The summed E-state index contributed by atoms with van der Waals surface area (Å²) in [6.07, 6.45) is 0. The minimum Gasteiger partial charge on any atom is -0.477 e. The van der Waals surface area contributed by atoms with Gasteiger partial charge in [0.25, 0.3) is 0 Å². The summed E-state index contributed by atoms with van der Waals surface area (Å²) in [4.78, 5) is 8.88. The second-order valence-corrected chi connectivity index (χ2v) is 2.06. The van der Waals surface area contributed by atoms with Crippen molar-refractivity contribution in [2.45, 2.75) is 0 Å². The molecular weight excluding hydrogens is 132 g/mol. The first-order chi connectivity index (χ1) is 3.55. The van der Waals surface area contributed by atoms with Crippen molar-refractivity contribution in [3.05, 3.63) is 11.5 Å². The van der Waals surface area contributed by atoms with Gasteiger partial charge in [-0.05, 0) is 0 Å². The average Bonchev–Trinajstić information content (AvgIpc) is 1.64. The third-order valence-corrected chi connectivity index (χ3v) is 1.10. The number of rotatable bonds is 2. The van der Waals surface area contributed by atoms with E-state index in [1.165, 1.54) is 0 Å². The zero-order chi connectivity index (χ0) is 6.73. The Morgan fingerprint density at radius 1 is 1.50 bits per heavy atom. The molecule has 0 fully saturated rings. The second-order valence-electron chi connectivity index (χ2n) is 1.01. The molecule has 0 unspecified atom stereocenters. The largest absolute Gasteiger partial charge is 0.477 e. The molecule has 0 saturated heterocycles. The first-order valence-electron chi connectivity index (χ1n) is 1.62. The number of carboxylic acids is 1. The zero-order valence-electron chi connectivity index (χ0n) is 3.83. The van der Waals surface area contributed by atoms with Crippen LogP contribution < -0.4 is 0 Å². The molecule has 0 aromatic carbocycles. The highest BCUT2D eigenvalue weighted by atomic mass is 32.2. The van der Waals surface area contributed by atoms with E-state index in [0.717, 1.165) is 0 Å². The van der Waals surface area contributed by atoms with E-state index < -0.39 is 21.6 Å². The first kappa shape index (κ1) is 7.16. The molecular formula is C3H4O4S. The van der Waals surface area contributed by atoms with Crippen LogP contribution in [0.3, 0.4) is 0 Å². The van der Waals surface area contributed by atoms with E-state index in [2.05, 4.69) is 6.58 Å². The van der Waals surface area contributed by atoms with Crippen molar-refractivity contribution in [2.75, 3.05) is 0 Å². The van der Waals surface area contributed by atoms with Gasteiger partial charge in [0.1, 0.15) is 4.91 Å². The van der Waals surface area contributed by atoms with E-state index in [4.69, 9.17) is 5.11 Å². The number of aliphatic carboxylic acids is 1. The van der Waals surface area contributed by atoms with Gasteiger partial charge in [0.05, 0.1) is 0 Å². The molecule has 0 aromatic rings. The average molecular weight is 136 g/mol. The number of carbonyl (C=O) groups is 1. The first-order valence-corrected chi connectivity index (χ1v) is 2.80. The molecule has 1 N–H and O–H groups in total. The fourth-order valence-electron chi connectivity index (χ4n) is 0.0781. The van der Waals surface area contributed by atoms with Gasteiger partial charge < -0.3 is 5.11 Å². The lowest BCUT2D eigenvalue weighted by atomic mass is 10.7. The molecule has 5 heteroatoms. The number of carboxylic acid groups (broad SMARTS) is 1. The van der Waals surface area contributed by atoms with E-state index in [9.17, 15) is 13.2 Å². The third-order valence-electron chi connectivity index (χ3n) is 0.467. The highest BCUT2D eigenvalue weighted by Gasteiger charge is 2.03. The second kappa shape index (κ2) is 2.46. The molecule has 0 aliphatic rings. The molecule has 0 aromatic heterocycles. The Balaban J connectivity index is 4.28. The Hall–Kier alpha value is -0.840. The maximum Gasteiger partial charge on any atom is 0.346 e. The van der Waals surface area contributed by atoms with E-state index in [-0.39, 0.29) is 0 Å². The molecule has 46 valence electrons. The molecule has 4 nitrogen and oxygen atoms in total. The Morgan fingerprint density at radius 2 is 1.88 bits per heavy atom. The van der Waals surface area contributed by atoms with Crippen molar-refractivity contribution in [3.8, 4) is 0 Å². The van der Waals surface area contributed by atoms with Crippen molar-refractivity contribution in [1.82, 2.24) is 0 Å². The minimum atomic E-state index is -3.00. The lowest BCUT2D eigenvalue weighted by Gasteiger charge is -1.81. The zero-order valence-corrected chi connectivity index (χ0v) is 4.72. The highest BCUT2D eigenvalue weighted by molar-refractivity contribution is 7.77. The van der Waals surface area contributed by atoms with Gasteiger partial charge in [-0.25, -0.2) is 13.2 Å². The van der Waals surface area contributed by atoms with Crippen molar-refractivity contribution >= 4 is 16.7 Å². The van der Waals surface area contributed by atoms with Gasteiger partial charge in [-0.15, -0.1) is 0 Å². The Labute approximate surface area is 47.4 Å². The molecule has 8 heavy (non-hydrogen) atoms. The summed E-state index contributed by atoms with van der Waals surface area (Å²) in [5.74, 6) is -1.50. The predicted molar refractivity (Wildman–Crippen MR) is 27.1 cm³/mol. The monoisotopic (exact) mass is 136 g/mol. The normalized spacial score (nSPS) is 9.12. The topological polar surface area (TPSA) is 71.4 Å². The van der Waals surface area contributed by atoms with Crippen LogP contribution in [-0.4, -0.2) is 19.5 Å². The van der Waals surface area contributed by atoms with Gasteiger partial charge in [-0.3, -0.25) is 0 Å². The molecule has 0 radical (unpaired) electrons. The SMILES string of the molecule is C=C(C(=O)O)[SH](=O)=O. The Morgan fingerprint density at radius 3 is 1.88 bits per heavy atom. The number of hydrogen-bond acceptors (Lipinski definition) is 3. The van der Waals surface area contributed by atoms with Crippen LogP contribution in [0.15, 0.2) is 11.5 Å². The van der Waals surface area contributed by atoms with E-state index >= 15 is 0 Å². The molecule has 0 heterocycles. The Kier molecular flexibility index (Phi) is 2.20.